The molecule has 0 saturated heterocycles. The SMILES string of the molecule is O=C(O)CC(Sc1ccccc1)C(Cl)c1ccccc1. The number of hydrogen-bond donors (Lipinski definition) is 1. The quantitative estimate of drug-likeness (QED) is 0.626. The van der Waals surface area contributed by atoms with Crippen molar-refractivity contribution in [3.05, 3.63) is 66.2 Å². The number of carbonyl (C=O) groups is 1. The molecule has 2 nitrogen and oxygen atoms in total. The minimum absolute atomic E-state index is 0.0304. The van der Waals surface area contributed by atoms with Gasteiger partial charge in [-0.05, 0) is 17.7 Å². The first-order valence-corrected chi connectivity index (χ1v) is 7.61. The molecular formula is C16H15ClO2S. The van der Waals surface area contributed by atoms with E-state index in [9.17, 15) is 4.79 Å². The fourth-order valence-corrected chi connectivity index (χ4v) is 3.46. The summed E-state index contributed by atoms with van der Waals surface area (Å²) in [6.07, 6.45) is 0.0304. The van der Waals surface area contributed by atoms with Gasteiger partial charge in [0.05, 0.1) is 11.8 Å². The number of alkyl halides is 1. The Bertz CT molecular complexity index is 545. The maximum Gasteiger partial charge on any atom is 0.304 e. The van der Waals surface area contributed by atoms with Crippen molar-refractivity contribution in [3.63, 3.8) is 0 Å². The highest BCUT2D eigenvalue weighted by Crippen LogP contribution is 2.38. The molecule has 2 aromatic carbocycles. The third-order valence-electron chi connectivity index (χ3n) is 2.85. The van der Waals surface area contributed by atoms with Gasteiger partial charge in [-0.3, -0.25) is 4.79 Å². The standard InChI is InChI=1S/C16H15ClO2S/c17-16(12-7-3-1-4-8-12)14(11-15(18)19)20-13-9-5-2-6-10-13/h1-10,14,16H,11H2,(H,18,19). The molecule has 2 atom stereocenters. The van der Waals surface area contributed by atoms with Crippen molar-refractivity contribution >= 4 is 29.3 Å². The number of hydrogen-bond acceptors (Lipinski definition) is 2. The molecule has 104 valence electrons. The molecule has 0 fully saturated rings. The van der Waals surface area contributed by atoms with Gasteiger partial charge in [-0.15, -0.1) is 23.4 Å². The third kappa shape index (κ3) is 4.29. The van der Waals surface area contributed by atoms with E-state index in [1.165, 1.54) is 11.8 Å². The molecule has 20 heavy (non-hydrogen) atoms. The second kappa shape index (κ2) is 7.36. The zero-order chi connectivity index (χ0) is 14.4. The molecule has 0 aliphatic carbocycles. The largest absolute Gasteiger partial charge is 0.481 e. The van der Waals surface area contributed by atoms with E-state index in [4.69, 9.17) is 16.7 Å². The van der Waals surface area contributed by atoms with Crippen LogP contribution in [0.15, 0.2) is 65.6 Å². The Kier molecular flexibility index (Phi) is 5.50. The Morgan fingerprint density at radius 3 is 2.15 bits per heavy atom. The predicted octanol–water partition coefficient (Wildman–Crippen LogP) is 4.60. The third-order valence-corrected chi connectivity index (χ3v) is 4.84. The number of carboxylic acids is 1. The molecule has 2 rings (SSSR count). The van der Waals surface area contributed by atoms with Crippen LogP contribution in [-0.2, 0) is 4.79 Å². The topological polar surface area (TPSA) is 37.3 Å². The monoisotopic (exact) mass is 306 g/mol. The normalized spacial score (nSPS) is 13.7. The number of benzene rings is 2. The molecule has 0 saturated carbocycles. The van der Waals surface area contributed by atoms with E-state index in [1.807, 2.05) is 60.7 Å². The van der Waals surface area contributed by atoms with Gasteiger partial charge in [-0.2, -0.15) is 0 Å². The van der Waals surface area contributed by atoms with Crippen LogP contribution in [-0.4, -0.2) is 16.3 Å². The van der Waals surface area contributed by atoms with Gasteiger partial charge in [-0.1, -0.05) is 48.5 Å². The Morgan fingerprint density at radius 1 is 1.05 bits per heavy atom. The summed E-state index contributed by atoms with van der Waals surface area (Å²) >= 11 is 7.99. The van der Waals surface area contributed by atoms with Crippen molar-refractivity contribution < 1.29 is 9.90 Å². The smallest absolute Gasteiger partial charge is 0.304 e. The van der Waals surface area contributed by atoms with Gasteiger partial charge in [0.25, 0.3) is 0 Å². The lowest BCUT2D eigenvalue weighted by atomic mass is 10.1. The van der Waals surface area contributed by atoms with Gasteiger partial charge >= 0.3 is 5.97 Å². The van der Waals surface area contributed by atoms with Gasteiger partial charge < -0.3 is 5.11 Å². The fraction of sp³-hybridized carbons (Fsp3) is 0.188. The molecule has 1 N–H and O–H groups in total. The van der Waals surface area contributed by atoms with Crippen LogP contribution in [0.3, 0.4) is 0 Å². The maximum atomic E-state index is 11.1. The lowest BCUT2D eigenvalue weighted by molar-refractivity contribution is -0.136. The van der Waals surface area contributed by atoms with Gasteiger partial charge in [0.1, 0.15) is 0 Å². The van der Waals surface area contributed by atoms with E-state index in [0.717, 1.165) is 10.5 Å². The Morgan fingerprint density at radius 2 is 1.60 bits per heavy atom. The van der Waals surface area contributed by atoms with Crippen molar-refractivity contribution in [1.82, 2.24) is 0 Å². The molecule has 2 aromatic rings. The zero-order valence-electron chi connectivity index (χ0n) is 10.8. The molecule has 4 heteroatoms. The Balaban J connectivity index is 2.17. The summed E-state index contributed by atoms with van der Waals surface area (Å²) in [4.78, 5) is 12.1. The minimum Gasteiger partial charge on any atom is -0.481 e. The van der Waals surface area contributed by atoms with Crippen LogP contribution < -0.4 is 0 Å². The average Bonchev–Trinajstić information content (AvgIpc) is 2.47. The van der Waals surface area contributed by atoms with Crippen molar-refractivity contribution in [2.24, 2.45) is 0 Å². The first kappa shape index (κ1) is 14.9. The number of halogens is 1. The van der Waals surface area contributed by atoms with Gasteiger partial charge in [-0.25, -0.2) is 0 Å². The molecule has 0 bridgehead atoms. The second-order valence-corrected chi connectivity index (χ2v) is 6.16. The summed E-state index contributed by atoms with van der Waals surface area (Å²) in [5.41, 5.74) is 0.948. The molecule has 0 amide bonds. The minimum atomic E-state index is -0.833. The summed E-state index contributed by atoms with van der Waals surface area (Å²) in [5.74, 6) is -0.833. The highest BCUT2D eigenvalue weighted by atomic mass is 35.5. The zero-order valence-corrected chi connectivity index (χ0v) is 12.3. The molecule has 0 aromatic heterocycles. The van der Waals surface area contributed by atoms with E-state index < -0.39 is 5.97 Å². The summed E-state index contributed by atoms with van der Waals surface area (Å²) in [5, 5.41) is 8.54. The van der Waals surface area contributed by atoms with Crippen molar-refractivity contribution in [1.29, 1.82) is 0 Å². The van der Waals surface area contributed by atoms with Gasteiger partial charge in [0.15, 0.2) is 0 Å². The fourth-order valence-electron chi connectivity index (χ4n) is 1.90. The van der Waals surface area contributed by atoms with Crippen LogP contribution in [0.5, 0.6) is 0 Å². The predicted molar refractivity (Wildman–Crippen MR) is 83.4 cm³/mol. The van der Waals surface area contributed by atoms with Gasteiger partial charge in [0.2, 0.25) is 0 Å². The number of carboxylic acid groups (broad SMARTS) is 1. The molecule has 0 radical (unpaired) electrons. The van der Waals surface area contributed by atoms with Crippen LogP contribution in [0.2, 0.25) is 0 Å². The van der Waals surface area contributed by atoms with Crippen molar-refractivity contribution in [2.45, 2.75) is 21.9 Å². The van der Waals surface area contributed by atoms with Crippen LogP contribution >= 0.6 is 23.4 Å². The van der Waals surface area contributed by atoms with E-state index in [-0.39, 0.29) is 17.0 Å². The van der Waals surface area contributed by atoms with Crippen LogP contribution in [0.4, 0.5) is 0 Å². The summed E-state index contributed by atoms with van der Waals surface area (Å²) in [7, 11) is 0. The number of thioether (sulfide) groups is 1. The van der Waals surface area contributed by atoms with Crippen LogP contribution in [0.25, 0.3) is 0 Å². The van der Waals surface area contributed by atoms with Crippen LogP contribution in [0, 0.1) is 0 Å². The van der Waals surface area contributed by atoms with E-state index >= 15 is 0 Å². The second-order valence-electron chi connectivity index (χ2n) is 4.38. The van der Waals surface area contributed by atoms with E-state index in [2.05, 4.69) is 0 Å². The van der Waals surface area contributed by atoms with Gasteiger partial charge in [0, 0.05) is 10.1 Å². The Hall–Kier alpha value is -1.45. The maximum absolute atomic E-state index is 11.1. The Labute approximate surface area is 127 Å². The number of aliphatic carboxylic acids is 1. The molecular weight excluding hydrogens is 292 g/mol. The van der Waals surface area contributed by atoms with Crippen LogP contribution in [0.1, 0.15) is 17.4 Å². The highest BCUT2D eigenvalue weighted by molar-refractivity contribution is 8.00. The summed E-state index contributed by atoms with van der Waals surface area (Å²) in [6, 6.07) is 19.3. The molecule has 0 aliphatic rings. The van der Waals surface area contributed by atoms with Crippen molar-refractivity contribution in [3.8, 4) is 0 Å². The molecule has 0 spiro atoms. The lowest BCUT2D eigenvalue weighted by Crippen LogP contribution is -2.15. The first-order valence-electron chi connectivity index (χ1n) is 6.29. The highest BCUT2D eigenvalue weighted by Gasteiger charge is 2.24. The molecule has 2 unspecified atom stereocenters. The lowest BCUT2D eigenvalue weighted by Gasteiger charge is -2.20. The van der Waals surface area contributed by atoms with Crippen molar-refractivity contribution in [2.75, 3.05) is 0 Å². The molecule has 0 heterocycles. The van der Waals surface area contributed by atoms with E-state index in [0.29, 0.717) is 0 Å². The first-order chi connectivity index (χ1) is 9.66. The average molecular weight is 307 g/mol. The van der Waals surface area contributed by atoms with E-state index in [1.54, 1.807) is 0 Å². The number of rotatable bonds is 6. The summed E-state index contributed by atoms with van der Waals surface area (Å²) in [6.45, 7) is 0. The summed E-state index contributed by atoms with van der Waals surface area (Å²) < 4.78 is 0. The molecule has 0 aliphatic heterocycles.